The molecule has 158 valence electrons. The van der Waals surface area contributed by atoms with Crippen molar-refractivity contribution in [3.05, 3.63) is 24.8 Å². The van der Waals surface area contributed by atoms with E-state index in [0.29, 0.717) is 13.2 Å². The molecule has 0 aromatic carbocycles. The molecule has 2 amide bonds. The Morgan fingerprint density at radius 2 is 1.04 bits per heavy atom. The Morgan fingerprint density at radius 1 is 0.714 bits per heavy atom. The number of hydrogen-bond acceptors (Lipinski definition) is 6. The van der Waals surface area contributed by atoms with Crippen molar-refractivity contribution in [2.24, 2.45) is 9.98 Å². The summed E-state index contributed by atoms with van der Waals surface area (Å²) >= 11 is 0. The van der Waals surface area contributed by atoms with Gasteiger partial charge in [0.25, 0.3) is 0 Å². The van der Waals surface area contributed by atoms with Gasteiger partial charge in [-0.15, -0.1) is 0 Å². The molecule has 0 aromatic heterocycles. The fraction of sp³-hybridized carbons (Fsp3) is 0.600. The maximum atomic E-state index is 11.6. The Bertz CT molecular complexity index is 474. The van der Waals surface area contributed by atoms with Gasteiger partial charge < -0.3 is 9.47 Å². The molecule has 0 aromatic rings. The fourth-order valence-electron chi connectivity index (χ4n) is 2.20. The third-order valence-corrected chi connectivity index (χ3v) is 3.86. The Hall–Kier alpha value is -2.64. The van der Waals surface area contributed by atoms with Crippen molar-refractivity contribution in [1.29, 1.82) is 0 Å². The lowest BCUT2D eigenvalue weighted by Crippen LogP contribution is -2.22. The van der Waals surface area contributed by atoms with Crippen LogP contribution >= 0.6 is 0 Å². The number of nitrogens with zero attached hydrogens (tertiary/aromatic N) is 4. The van der Waals surface area contributed by atoms with Crippen LogP contribution in [0.3, 0.4) is 0 Å². The minimum atomic E-state index is -0.389. The Labute approximate surface area is 168 Å². The molecule has 8 heteroatoms. The first kappa shape index (κ1) is 25.4. The van der Waals surface area contributed by atoms with E-state index in [1.165, 1.54) is 34.6 Å². The van der Waals surface area contributed by atoms with Crippen molar-refractivity contribution < 1.29 is 19.1 Å². The third-order valence-electron chi connectivity index (χ3n) is 3.86. The van der Waals surface area contributed by atoms with Crippen LogP contribution in [0, 0.1) is 0 Å². The van der Waals surface area contributed by atoms with E-state index < -0.39 is 0 Å². The average molecular weight is 395 g/mol. The van der Waals surface area contributed by atoms with E-state index in [9.17, 15) is 9.59 Å². The van der Waals surface area contributed by atoms with Crippen molar-refractivity contribution in [1.82, 2.24) is 9.80 Å². The normalized spacial score (nSPS) is 10.8. The highest BCUT2D eigenvalue weighted by molar-refractivity contribution is 5.68. The molecular weight excluding hydrogens is 360 g/mol. The van der Waals surface area contributed by atoms with E-state index in [0.717, 1.165) is 51.4 Å². The Morgan fingerprint density at radius 3 is 1.36 bits per heavy atom. The van der Waals surface area contributed by atoms with Crippen LogP contribution in [0.4, 0.5) is 9.59 Å². The van der Waals surface area contributed by atoms with Gasteiger partial charge in [0.1, 0.15) is 0 Å². The number of ether oxygens (including phenoxy) is 2. The van der Waals surface area contributed by atoms with Gasteiger partial charge in [-0.3, -0.25) is 19.8 Å². The Kier molecular flexibility index (Phi) is 16.1. The summed E-state index contributed by atoms with van der Waals surface area (Å²) in [5, 5.41) is 0. The van der Waals surface area contributed by atoms with Crippen molar-refractivity contribution in [3.8, 4) is 0 Å². The van der Waals surface area contributed by atoms with Crippen LogP contribution in [0.1, 0.15) is 51.4 Å². The molecule has 0 saturated heterocycles. The summed E-state index contributed by atoms with van der Waals surface area (Å²) < 4.78 is 10.3. The van der Waals surface area contributed by atoms with Crippen molar-refractivity contribution in [2.75, 3.05) is 27.3 Å². The van der Waals surface area contributed by atoms with E-state index in [-0.39, 0.29) is 12.2 Å². The summed E-state index contributed by atoms with van der Waals surface area (Å²) in [6.07, 6.45) is 13.5. The standard InChI is InChI=1S/C20H34N4O4/c1-21-13-15-23(3)19(25)27-17-11-9-7-5-6-8-10-12-18-28-20(26)24(4)16-14-22-2/h13-16H,1-2,5-12,17-18H2,3-4H3/b15-13-,16-14-. The first-order chi connectivity index (χ1) is 13.5. The second-order valence-corrected chi connectivity index (χ2v) is 6.24. The maximum Gasteiger partial charge on any atom is 0.413 e. The van der Waals surface area contributed by atoms with Crippen molar-refractivity contribution >= 4 is 25.6 Å². The SMILES string of the molecule is C=N/C=C\N(C)C(=O)OCCCCCCCCCCOC(=O)N(C)/C=C\N=C. The summed E-state index contributed by atoms with van der Waals surface area (Å²) in [5.41, 5.74) is 0. The van der Waals surface area contributed by atoms with Crippen LogP contribution in [-0.4, -0.2) is 62.7 Å². The molecular formula is C20H34N4O4. The molecule has 0 bridgehead atoms. The monoisotopic (exact) mass is 394 g/mol. The van der Waals surface area contributed by atoms with Gasteiger partial charge in [0.2, 0.25) is 0 Å². The fourth-order valence-corrected chi connectivity index (χ4v) is 2.20. The summed E-state index contributed by atoms with van der Waals surface area (Å²) in [4.78, 5) is 32.9. The molecule has 0 rings (SSSR count). The molecule has 28 heavy (non-hydrogen) atoms. The van der Waals surface area contributed by atoms with Crippen LogP contribution in [0.2, 0.25) is 0 Å². The second kappa shape index (κ2) is 17.8. The number of carbonyl (C=O) groups excluding carboxylic acids is 2. The van der Waals surface area contributed by atoms with Gasteiger partial charge in [0, 0.05) is 38.9 Å². The highest BCUT2D eigenvalue weighted by atomic mass is 16.6. The molecule has 0 aliphatic rings. The van der Waals surface area contributed by atoms with Crippen molar-refractivity contribution in [3.63, 3.8) is 0 Å². The molecule has 0 unspecified atom stereocenters. The molecule has 8 nitrogen and oxygen atoms in total. The van der Waals surface area contributed by atoms with Crippen LogP contribution < -0.4 is 0 Å². The van der Waals surface area contributed by atoms with E-state index in [2.05, 4.69) is 23.4 Å². The molecule has 0 atom stereocenters. The zero-order chi connectivity index (χ0) is 21.0. The first-order valence-corrected chi connectivity index (χ1v) is 9.57. The molecule has 0 radical (unpaired) electrons. The summed E-state index contributed by atoms with van der Waals surface area (Å²) in [5.74, 6) is 0. The van der Waals surface area contributed by atoms with E-state index >= 15 is 0 Å². The molecule has 0 N–H and O–H groups in total. The van der Waals surface area contributed by atoms with E-state index in [4.69, 9.17) is 9.47 Å². The predicted octanol–water partition coefficient (Wildman–Crippen LogP) is 4.59. The van der Waals surface area contributed by atoms with Gasteiger partial charge in [0.15, 0.2) is 0 Å². The summed E-state index contributed by atoms with van der Waals surface area (Å²) in [6.45, 7) is 7.46. The van der Waals surface area contributed by atoms with Gasteiger partial charge in [-0.05, 0) is 26.3 Å². The first-order valence-electron chi connectivity index (χ1n) is 9.57. The third kappa shape index (κ3) is 14.5. The molecule has 0 spiro atoms. The second-order valence-electron chi connectivity index (χ2n) is 6.24. The molecule has 0 heterocycles. The molecule has 0 saturated carbocycles. The van der Waals surface area contributed by atoms with Gasteiger partial charge in [0.05, 0.1) is 13.2 Å². The number of rotatable bonds is 15. The van der Waals surface area contributed by atoms with Crippen LogP contribution in [-0.2, 0) is 9.47 Å². The van der Waals surface area contributed by atoms with Crippen LogP contribution in [0.5, 0.6) is 0 Å². The lowest BCUT2D eigenvalue weighted by Gasteiger charge is -2.12. The van der Waals surface area contributed by atoms with E-state index in [1.807, 2.05) is 0 Å². The van der Waals surface area contributed by atoms with Crippen LogP contribution in [0.15, 0.2) is 34.8 Å². The van der Waals surface area contributed by atoms with Crippen molar-refractivity contribution in [2.45, 2.75) is 51.4 Å². The highest BCUT2D eigenvalue weighted by Gasteiger charge is 2.06. The predicted molar refractivity (Wildman–Crippen MR) is 113 cm³/mol. The number of aliphatic imine (C=N–C) groups is 2. The van der Waals surface area contributed by atoms with Gasteiger partial charge in [-0.2, -0.15) is 0 Å². The number of carbonyl (C=O) groups is 2. The quantitative estimate of drug-likeness (QED) is 0.300. The van der Waals surface area contributed by atoms with E-state index in [1.54, 1.807) is 14.1 Å². The zero-order valence-electron chi connectivity index (χ0n) is 17.2. The van der Waals surface area contributed by atoms with Gasteiger partial charge in [-0.25, -0.2) is 9.59 Å². The minimum Gasteiger partial charge on any atom is -0.449 e. The maximum absolute atomic E-state index is 11.6. The molecule has 0 fully saturated rings. The smallest absolute Gasteiger partial charge is 0.413 e. The molecule has 0 aliphatic heterocycles. The minimum absolute atomic E-state index is 0.389. The molecule has 0 aliphatic carbocycles. The average Bonchev–Trinajstić information content (AvgIpc) is 2.70. The van der Waals surface area contributed by atoms with Gasteiger partial charge >= 0.3 is 12.2 Å². The summed E-state index contributed by atoms with van der Waals surface area (Å²) in [6, 6.07) is 0. The number of hydrogen-bond donors (Lipinski definition) is 0. The Balaban J connectivity index is 3.44. The number of unbranched alkanes of at least 4 members (excludes halogenated alkanes) is 7. The lowest BCUT2D eigenvalue weighted by molar-refractivity contribution is 0.120. The topological polar surface area (TPSA) is 83.8 Å². The highest BCUT2D eigenvalue weighted by Crippen LogP contribution is 2.09. The largest absolute Gasteiger partial charge is 0.449 e. The summed E-state index contributed by atoms with van der Waals surface area (Å²) in [7, 11) is 3.22. The lowest BCUT2D eigenvalue weighted by atomic mass is 10.1. The number of amides is 2. The van der Waals surface area contributed by atoms with Gasteiger partial charge in [-0.1, -0.05) is 38.5 Å². The van der Waals surface area contributed by atoms with Crippen LogP contribution in [0.25, 0.3) is 0 Å². The zero-order valence-corrected chi connectivity index (χ0v) is 17.2.